The number of rotatable bonds is 27. The molecule has 0 aromatic heterocycles. The molecule has 0 radical (unpaired) electrons. The lowest BCUT2D eigenvalue weighted by Crippen LogP contribution is -2.24. The summed E-state index contributed by atoms with van der Waals surface area (Å²) >= 11 is 12.5. The molecular weight excluding hydrogens is 689 g/mol. The predicted molar refractivity (Wildman–Crippen MR) is 179 cm³/mol. The summed E-state index contributed by atoms with van der Waals surface area (Å²) in [6.45, 7) is -0.229. The minimum atomic E-state index is -1.11. The van der Waals surface area contributed by atoms with Gasteiger partial charge in [0.15, 0.2) is 0 Å². The quantitative estimate of drug-likeness (QED) is 0.0242. The van der Waals surface area contributed by atoms with E-state index < -0.39 is 16.9 Å². The summed E-state index contributed by atoms with van der Waals surface area (Å²) in [5.41, 5.74) is 1.47. The second-order valence-corrected chi connectivity index (χ2v) is 17.2. The lowest BCUT2D eigenvalue weighted by Gasteiger charge is -2.05. The molecule has 228 valence electrons. The van der Waals surface area contributed by atoms with Crippen LogP contribution in [0.5, 0.6) is 0 Å². The first kappa shape index (κ1) is 39.7. The fourth-order valence-corrected chi connectivity index (χ4v) is 10.4. The Balaban J connectivity index is 3.39. The molecule has 21 heteroatoms. The van der Waals surface area contributed by atoms with Gasteiger partial charge < -0.3 is 30.5 Å². The van der Waals surface area contributed by atoms with Crippen molar-refractivity contribution >= 4 is 128 Å². The third-order valence-corrected chi connectivity index (χ3v) is 13.2. The highest BCUT2D eigenvalue weighted by molar-refractivity contribution is 8.29. The molecule has 39 heavy (non-hydrogen) atoms. The van der Waals surface area contributed by atoms with Gasteiger partial charge in [0.05, 0.1) is 58.2 Å². The number of carbonyl (C=O) groups excluding carboxylic acids is 2. The highest BCUT2D eigenvalue weighted by atomic mass is 32.3. The Labute approximate surface area is 265 Å². The van der Waals surface area contributed by atoms with E-state index in [1.54, 1.807) is 70.6 Å². The van der Waals surface area contributed by atoms with Crippen molar-refractivity contribution in [3.63, 3.8) is 0 Å². The number of thioether (sulfide) groups is 8. The number of aliphatic imine (C=N–C) groups is 2. The van der Waals surface area contributed by atoms with Crippen LogP contribution in [-0.4, -0.2) is 118 Å². The van der Waals surface area contributed by atoms with Crippen LogP contribution >= 0.6 is 94.1 Å². The maximum atomic E-state index is 11.9. The number of carbonyl (C=O) groups is 2. The van der Waals surface area contributed by atoms with Crippen molar-refractivity contribution in [1.29, 1.82) is 0 Å². The summed E-state index contributed by atoms with van der Waals surface area (Å²) in [7, 11) is -1.11. The van der Waals surface area contributed by atoms with E-state index >= 15 is 0 Å². The van der Waals surface area contributed by atoms with Crippen LogP contribution in [0.15, 0.2) is 9.98 Å². The number of hydrogen-bond acceptors (Lipinski definition) is 18. The van der Waals surface area contributed by atoms with Gasteiger partial charge >= 0.3 is 6.09 Å². The highest BCUT2D eigenvalue weighted by Gasteiger charge is 2.03. The zero-order chi connectivity index (χ0) is 28.7. The van der Waals surface area contributed by atoms with Crippen molar-refractivity contribution in [1.82, 2.24) is 10.6 Å². The number of amides is 2. The van der Waals surface area contributed by atoms with E-state index in [1.807, 2.05) is 0 Å². The molecule has 0 rings (SSSR count). The molecule has 0 aliphatic carbocycles. The van der Waals surface area contributed by atoms with Gasteiger partial charge in [-0.25, -0.2) is 9.79 Å². The monoisotopic (exact) mass is 722 g/mol. The Morgan fingerprint density at radius 1 is 0.795 bits per heavy atom. The zero-order valence-corrected chi connectivity index (χ0v) is 28.3. The molecule has 0 spiro atoms. The molecule has 0 aromatic carbocycles. The molecule has 0 bridgehead atoms. The molecule has 1 unspecified atom stereocenters. The van der Waals surface area contributed by atoms with Gasteiger partial charge in [-0.15, -0.1) is 82.3 Å². The molecule has 2 amide bonds. The van der Waals surface area contributed by atoms with Crippen molar-refractivity contribution in [2.45, 2.75) is 0 Å². The zero-order valence-electron chi connectivity index (χ0n) is 21.0. The molecule has 12 nitrogen and oxygen atoms in total. The van der Waals surface area contributed by atoms with Crippen molar-refractivity contribution in [3.05, 3.63) is 0 Å². The van der Waals surface area contributed by atoms with Gasteiger partial charge in [-0.2, -0.15) is 4.89 Å². The van der Waals surface area contributed by atoms with Crippen LogP contribution in [0.25, 0.3) is 0 Å². The molecular formula is C18H34N4O8S9. The van der Waals surface area contributed by atoms with Crippen molar-refractivity contribution in [2.24, 2.45) is 9.98 Å². The van der Waals surface area contributed by atoms with Crippen molar-refractivity contribution in [3.8, 4) is 0 Å². The molecule has 4 N–H and O–H groups in total. The van der Waals surface area contributed by atoms with Crippen LogP contribution in [0.1, 0.15) is 0 Å². The standard InChI is InChI=1S/C18H34N4O8S9/c23-1-3-28-17(25)21-8-33-12-32-7-20-10-39(27)16-37-14-35-13-36-15-38-18(26)22-9-34-11-31-6-19-5-30-29-4-2-24/h5,10,23-24H,1-4,6-9,11-16H2,(H,21,25)(H,22,26)/b19-5?,20-10-. The van der Waals surface area contributed by atoms with E-state index in [0.717, 1.165) is 20.3 Å². The molecule has 0 aliphatic heterocycles. The third-order valence-electron chi connectivity index (χ3n) is 2.99. The van der Waals surface area contributed by atoms with E-state index in [-0.39, 0.29) is 31.7 Å². The molecule has 0 saturated carbocycles. The van der Waals surface area contributed by atoms with E-state index in [1.165, 1.54) is 35.5 Å². The number of hydrogen-bond donors (Lipinski definition) is 4. The Kier molecular flexibility index (Phi) is 33.8. The molecule has 0 aliphatic rings. The number of ether oxygens (including phenoxy) is 1. The van der Waals surface area contributed by atoms with Gasteiger partial charge in [-0.05, 0) is 0 Å². The molecule has 1 atom stereocenters. The summed E-state index contributed by atoms with van der Waals surface area (Å²) in [4.78, 5) is 40.2. The Bertz CT molecular complexity index is 686. The maximum Gasteiger partial charge on any atom is 0.407 e. The molecule has 0 fully saturated rings. The second-order valence-electron chi connectivity index (χ2n) is 5.93. The van der Waals surface area contributed by atoms with E-state index in [4.69, 9.17) is 10.2 Å². The fourth-order valence-electron chi connectivity index (χ4n) is 1.56. The van der Waals surface area contributed by atoms with Crippen molar-refractivity contribution in [2.75, 3.05) is 80.4 Å². The predicted octanol–water partition coefficient (Wildman–Crippen LogP) is 3.60. The van der Waals surface area contributed by atoms with Crippen LogP contribution in [-0.2, 0) is 25.3 Å². The highest BCUT2D eigenvalue weighted by Crippen LogP contribution is 2.22. The normalized spacial score (nSPS) is 12.2. The number of aliphatic hydroxyl groups is 2. The Hall–Kier alpha value is 0.710. The van der Waals surface area contributed by atoms with Gasteiger partial charge in [0.2, 0.25) is 6.40 Å². The average Bonchev–Trinajstić information content (AvgIpc) is 2.93. The minimum absolute atomic E-state index is 0.0194. The number of nitrogens with one attached hydrogen (secondary N) is 2. The smallest absolute Gasteiger partial charge is 0.407 e. The third kappa shape index (κ3) is 33.1. The Morgan fingerprint density at radius 3 is 2.18 bits per heavy atom. The van der Waals surface area contributed by atoms with Gasteiger partial charge in [-0.3, -0.25) is 14.0 Å². The van der Waals surface area contributed by atoms with Crippen molar-refractivity contribution < 1.29 is 38.5 Å². The van der Waals surface area contributed by atoms with Gasteiger partial charge in [-0.1, -0.05) is 11.8 Å². The Morgan fingerprint density at radius 2 is 1.44 bits per heavy atom. The largest absolute Gasteiger partial charge is 0.447 e. The first-order valence-electron chi connectivity index (χ1n) is 10.8. The van der Waals surface area contributed by atoms with Crippen LogP contribution < -0.4 is 10.6 Å². The summed E-state index contributed by atoms with van der Waals surface area (Å²) in [6, 6.07) is 0. The first-order valence-corrected chi connectivity index (χ1v) is 21.3. The van der Waals surface area contributed by atoms with Crippen LogP contribution in [0.3, 0.4) is 0 Å². The summed E-state index contributed by atoms with van der Waals surface area (Å²) in [5.74, 6) is 1.96. The second kappa shape index (κ2) is 33.2. The number of nitrogens with zero attached hydrogens (tertiary/aromatic N) is 2. The van der Waals surface area contributed by atoms with E-state index in [9.17, 15) is 13.8 Å². The van der Waals surface area contributed by atoms with Gasteiger partial charge in [0.25, 0.3) is 5.24 Å². The topological polar surface area (TPSA) is 168 Å². The number of alkyl carbamates (subject to hydrolysis) is 1. The van der Waals surface area contributed by atoms with Crippen LogP contribution in [0.2, 0.25) is 0 Å². The average molecular weight is 723 g/mol. The molecule has 0 aromatic rings. The van der Waals surface area contributed by atoms with Gasteiger partial charge in [0, 0.05) is 25.4 Å². The maximum absolute atomic E-state index is 11.9. The molecule has 0 saturated heterocycles. The van der Waals surface area contributed by atoms with Crippen LogP contribution in [0, 0.1) is 0 Å². The minimum Gasteiger partial charge on any atom is -0.447 e. The summed E-state index contributed by atoms with van der Waals surface area (Å²) in [5, 5.41) is 26.7. The van der Waals surface area contributed by atoms with E-state index in [0.29, 0.717) is 33.7 Å². The SMILES string of the molecule is O=C(NCSCSC/N=C\S(=O)CSCSCSCSC(=O)NCSCSCN=COOCCO)OCCO. The lowest BCUT2D eigenvalue weighted by molar-refractivity contribution is -0.221. The van der Waals surface area contributed by atoms with Crippen LogP contribution in [0.4, 0.5) is 9.59 Å². The first-order chi connectivity index (χ1) is 19.1. The summed E-state index contributed by atoms with van der Waals surface area (Å²) < 4.78 is 16.6. The fraction of sp³-hybridized carbons (Fsp3) is 0.778. The summed E-state index contributed by atoms with van der Waals surface area (Å²) in [6.07, 6.45) is 0.635. The number of aliphatic hydroxyl groups excluding tert-OH is 2. The van der Waals surface area contributed by atoms with E-state index in [2.05, 4.69) is 35.1 Å². The van der Waals surface area contributed by atoms with Gasteiger partial charge in [0.1, 0.15) is 13.2 Å². The lowest BCUT2D eigenvalue weighted by atomic mass is 10.8. The molecule has 0 heterocycles.